The molecule has 0 bridgehead atoms. The van der Waals surface area contributed by atoms with Crippen molar-refractivity contribution in [2.24, 2.45) is 0 Å². The van der Waals surface area contributed by atoms with Crippen LogP contribution in [0.2, 0.25) is 0 Å². The van der Waals surface area contributed by atoms with E-state index in [-0.39, 0.29) is 5.82 Å². The van der Waals surface area contributed by atoms with Crippen molar-refractivity contribution in [2.45, 2.75) is 17.4 Å². The third kappa shape index (κ3) is 3.99. The molecule has 0 fully saturated rings. The molecular formula is C16H17FO2S. The van der Waals surface area contributed by atoms with Crippen molar-refractivity contribution < 1.29 is 14.2 Å². The topological polar surface area (TPSA) is 29.5 Å². The summed E-state index contributed by atoms with van der Waals surface area (Å²) in [6.45, 7) is 0. The summed E-state index contributed by atoms with van der Waals surface area (Å²) in [7, 11) is 1.61. The second kappa shape index (κ2) is 7.31. The molecule has 2 nitrogen and oxygen atoms in total. The van der Waals surface area contributed by atoms with Crippen molar-refractivity contribution in [1.29, 1.82) is 0 Å². The Morgan fingerprint density at radius 2 is 1.85 bits per heavy atom. The number of ether oxygens (including phenoxy) is 1. The summed E-state index contributed by atoms with van der Waals surface area (Å²) in [6, 6.07) is 14.2. The van der Waals surface area contributed by atoms with Gasteiger partial charge in [-0.2, -0.15) is 0 Å². The Morgan fingerprint density at radius 3 is 2.60 bits per heavy atom. The van der Waals surface area contributed by atoms with Gasteiger partial charge in [-0.05, 0) is 23.8 Å². The second-order valence-corrected chi connectivity index (χ2v) is 5.47. The fraction of sp³-hybridized carbons (Fsp3) is 0.250. The highest BCUT2D eigenvalue weighted by Gasteiger charge is 2.11. The van der Waals surface area contributed by atoms with Crippen LogP contribution in [0.1, 0.15) is 5.56 Å². The van der Waals surface area contributed by atoms with Crippen LogP contribution in [0.15, 0.2) is 53.4 Å². The van der Waals surface area contributed by atoms with Crippen molar-refractivity contribution in [1.82, 2.24) is 0 Å². The fourth-order valence-corrected chi connectivity index (χ4v) is 2.80. The first-order valence-electron chi connectivity index (χ1n) is 6.38. The first-order chi connectivity index (χ1) is 9.70. The van der Waals surface area contributed by atoms with E-state index in [0.717, 1.165) is 11.3 Å². The van der Waals surface area contributed by atoms with Crippen molar-refractivity contribution in [3.05, 3.63) is 59.9 Å². The molecule has 2 aromatic rings. The van der Waals surface area contributed by atoms with E-state index in [4.69, 9.17) is 4.74 Å². The SMILES string of the molecule is COc1ccccc1CC(O)CSc1ccccc1F. The van der Waals surface area contributed by atoms with Crippen molar-refractivity contribution >= 4 is 11.8 Å². The van der Waals surface area contributed by atoms with Crippen LogP contribution in [-0.2, 0) is 6.42 Å². The van der Waals surface area contributed by atoms with Crippen LogP contribution in [0, 0.1) is 5.82 Å². The van der Waals surface area contributed by atoms with Crippen LogP contribution in [0.3, 0.4) is 0 Å². The molecule has 0 aromatic heterocycles. The van der Waals surface area contributed by atoms with E-state index in [0.29, 0.717) is 17.1 Å². The Bertz CT molecular complexity index is 560. The Morgan fingerprint density at radius 1 is 1.15 bits per heavy atom. The molecule has 0 aliphatic heterocycles. The first kappa shape index (κ1) is 14.9. The summed E-state index contributed by atoms with van der Waals surface area (Å²) < 4.78 is 18.7. The summed E-state index contributed by atoms with van der Waals surface area (Å²) in [5, 5.41) is 10.1. The largest absolute Gasteiger partial charge is 0.496 e. The van der Waals surface area contributed by atoms with Gasteiger partial charge in [0.2, 0.25) is 0 Å². The van der Waals surface area contributed by atoms with Crippen molar-refractivity contribution in [3.63, 3.8) is 0 Å². The number of aliphatic hydroxyl groups excluding tert-OH is 1. The lowest BCUT2D eigenvalue weighted by atomic mass is 10.1. The highest BCUT2D eigenvalue weighted by atomic mass is 32.2. The van der Waals surface area contributed by atoms with Gasteiger partial charge in [0.25, 0.3) is 0 Å². The number of benzene rings is 2. The van der Waals surface area contributed by atoms with Gasteiger partial charge in [0.05, 0.1) is 13.2 Å². The maximum atomic E-state index is 13.5. The van der Waals surface area contributed by atoms with Crippen LogP contribution in [0.4, 0.5) is 4.39 Å². The summed E-state index contributed by atoms with van der Waals surface area (Å²) in [6.07, 6.45) is -0.0539. The van der Waals surface area contributed by atoms with Crippen molar-refractivity contribution in [3.8, 4) is 5.75 Å². The van der Waals surface area contributed by atoms with E-state index in [1.54, 1.807) is 25.3 Å². The highest BCUT2D eigenvalue weighted by molar-refractivity contribution is 7.99. The third-order valence-electron chi connectivity index (χ3n) is 2.92. The lowest BCUT2D eigenvalue weighted by Crippen LogP contribution is -2.14. The average Bonchev–Trinajstić information content (AvgIpc) is 2.47. The van der Waals surface area contributed by atoms with E-state index in [1.807, 2.05) is 24.3 Å². The predicted octanol–water partition coefficient (Wildman–Crippen LogP) is 3.53. The Labute approximate surface area is 122 Å². The maximum Gasteiger partial charge on any atom is 0.136 e. The molecule has 0 spiro atoms. The van der Waals surface area contributed by atoms with E-state index in [9.17, 15) is 9.50 Å². The maximum absolute atomic E-state index is 13.5. The van der Waals surface area contributed by atoms with Gasteiger partial charge in [0, 0.05) is 17.1 Å². The minimum Gasteiger partial charge on any atom is -0.496 e. The molecule has 2 rings (SSSR count). The van der Waals surface area contributed by atoms with E-state index in [2.05, 4.69) is 0 Å². The number of rotatable bonds is 6. The molecule has 4 heteroatoms. The second-order valence-electron chi connectivity index (χ2n) is 4.41. The molecule has 0 amide bonds. The number of halogens is 1. The van der Waals surface area contributed by atoms with E-state index >= 15 is 0 Å². The summed E-state index contributed by atoms with van der Waals surface area (Å²) in [4.78, 5) is 0.562. The molecule has 0 heterocycles. The monoisotopic (exact) mass is 292 g/mol. The average molecular weight is 292 g/mol. The Balaban J connectivity index is 1.93. The van der Waals surface area contributed by atoms with Gasteiger partial charge in [-0.1, -0.05) is 30.3 Å². The van der Waals surface area contributed by atoms with E-state index < -0.39 is 6.10 Å². The van der Waals surface area contributed by atoms with Gasteiger partial charge in [0.1, 0.15) is 11.6 Å². The zero-order chi connectivity index (χ0) is 14.4. The quantitative estimate of drug-likeness (QED) is 0.826. The minimum absolute atomic E-state index is 0.248. The zero-order valence-corrected chi connectivity index (χ0v) is 12.1. The number of thioether (sulfide) groups is 1. The minimum atomic E-state index is -0.545. The zero-order valence-electron chi connectivity index (χ0n) is 11.3. The molecule has 0 saturated heterocycles. The normalized spacial score (nSPS) is 12.2. The standard InChI is InChI=1S/C16H17FO2S/c1-19-15-8-4-2-6-12(15)10-13(18)11-20-16-9-5-3-7-14(16)17/h2-9,13,18H,10-11H2,1H3. The number of hydrogen-bond acceptors (Lipinski definition) is 3. The lowest BCUT2D eigenvalue weighted by Gasteiger charge is -2.13. The molecule has 1 N–H and O–H groups in total. The number of methoxy groups -OCH3 is 1. The molecule has 0 saturated carbocycles. The fourth-order valence-electron chi connectivity index (χ4n) is 1.93. The van der Waals surface area contributed by atoms with Gasteiger partial charge in [-0.15, -0.1) is 11.8 Å². The van der Waals surface area contributed by atoms with Crippen LogP contribution >= 0.6 is 11.8 Å². The van der Waals surface area contributed by atoms with Crippen molar-refractivity contribution in [2.75, 3.05) is 12.9 Å². The van der Waals surface area contributed by atoms with Crippen LogP contribution in [-0.4, -0.2) is 24.1 Å². The van der Waals surface area contributed by atoms with E-state index in [1.165, 1.54) is 17.8 Å². The molecule has 0 radical (unpaired) electrons. The first-order valence-corrected chi connectivity index (χ1v) is 7.36. The molecule has 2 aromatic carbocycles. The molecule has 1 unspecified atom stereocenters. The number of hydrogen-bond donors (Lipinski definition) is 1. The van der Waals surface area contributed by atoms with Crippen LogP contribution < -0.4 is 4.74 Å². The molecule has 0 aliphatic rings. The lowest BCUT2D eigenvalue weighted by molar-refractivity contribution is 0.198. The summed E-state index contributed by atoms with van der Waals surface area (Å²) in [5.74, 6) is 0.961. The number of aliphatic hydroxyl groups is 1. The Hall–Kier alpha value is -1.52. The Kier molecular flexibility index (Phi) is 5.44. The number of para-hydroxylation sites is 1. The predicted molar refractivity (Wildman–Crippen MR) is 79.8 cm³/mol. The highest BCUT2D eigenvalue weighted by Crippen LogP contribution is 2.24. The van der Waals surface area contributed by atoms with Crippen LogP contribution in [0.25, 0.3) is 0 Å². The van der Waals surface area contributed by atoms with Gasteiger partial charge in [-0.25, -0.2) is 4.39 Å². The van der Waals surface area contributed by atoms with Gasteiger partial charge in [0.15, 0.2) is 0 Å². The van der Waals surface area contributed by atoms with Gasteiger partial charge < -0.3 is 9.84 Å². The smallest absolute Gasteiger partial charge is 0.136 e. The molecular weight excluding hydrogens is 275 g/mol. The van der Waals surface area contributed by atoms with Gasteiger partial charge in [-0.3, -0.25) is 0 Å². The molecule has 106 valence electrons. The molecule has 1 atom stereocenters. The summed E-state index contributed by atoms with van der Waals surface area (Å²) >= 11 is 1.32. The molecule has 0 aliphatic carbocycles. The third-order valence-corrected chi connectivity index (χ3v) is 4.11. The van der Waals surface area contributed by atoms with Crippen LogP contribution in [0.5, 0.6) is 5.75 Å². The molecule has 20 heavy (non-hydrogen) atoms. The van der Waals surface area contributed by atoms with Gasteiger partial charge >= 0.3 is 0 Å². The summed E-state index contributed by atoms with van der Waals surface area (Å²) in [5.41, 5.74) is 0.955.